The average Bonchev–Trinajstić information content (AvgIpc) is 2.73. The molecule has 1 N–H and O–H groups in total. The maximum absolute atomic E-state index is 11.9. The molecule has 0 aromatic heterocycles. The van der Waals surface area contributed by atoms with Gasteiger partial charge in [-0.2, -0.15) is 0 Å². The fraction of sp³-hybridized carbons (Fsp3) is 0.150. The molecule has 0 bridgehead atoms. The molecule has 0 radical (unpaired) electrons. The molecule has 0 spiro atoms. The van der Waals surface area contributed by atoms with Gasteiger partial charge in [0.15, 0.2) is 5.75 Å². The van der Waals surface area contributed by atoms with Gasteiger partial charge in [-0.3, -0.25) is 0 Å². The number of hydrogen-bond donors (Lipinski definition) is 1. The Kier molecular flexibility index (Phi) is 7.15. The second-order valence-corrected chi connectivity index (χ2v) is 5.32. The van der Waals surface area contributed by atoms with E-state index in [2.05, 4.69) is 14.8 Å². The van der Waals surface area contributed by atoms with E-state index in [0.29, 0.717) is 22.7 Å². The first-order valence-corrected chi connectivity index (χ1v) is 8.08. The summed E-state index contributed by atoms with van der Waals surface area (Å²) < 4.78 is 19.7. The zero-order valence-electron chi connectivity index (χ0n) is 15.6. The average molecular weight is 385 g/mol. The van der Waals surface area contributed by atoms with Crippen LogP contribution in [0.4, 0.5) is 5.69 Å². The standard InChI is InChI=1S/C20H19NO7/c1-25-18(22)12-16(20(24)27-3)21-15-9-4-5-10-17(15)28-14-8-6-7-13(11-14)19(23)26-2/h4-12,21H,1-3H3/b16-12+. The van der Waals surface area contributed by atoms with Gasteiger partial charge >= 0.3 is 17.9 Å². The van der Waals surface area contributed by atoms with Crippen LogP contribution < -0.4 is 10.1 Å². The minimum Gasteiger partial charge on any atom is -0.466 e. The SMILES string of the molecule is COC(=O)/C=C(/Nc1ccccc1Oc1cccc(C(=O)OC)c1)C(=O)OC. The van der Waals surface area contributed by atoms with Crippen LogP contribution in [0.3, 0.4) is 0 Å². The number of methoxy groups -OCH3 is 3. The number of rotatable bonds is 7. The number of carbonyl (C=O) groups excluding carboxylic acids is 3. The number of hydrogen-bond acceptors (Lipinski definition) is 8. The lowest BCUT2D eigenvalue weighted by molar-refractivity contribution is -0.138. The predicted molar refractivity (Wildman–Crippen MR) is 100 cm³/mol. The van der Waals surface area contributed by atoms with Crippen molar-refractivity contribution >= 4 is 23.6 Å². The zero-order valence-corrected chi connectivity index (χ0v) is 15.6. The number of benzene rings is 2. The van der Waals surface area contributed by atoms with Gasteiger partial charge in [0.2, 0.25) is 0 Å². The molecule has 0 saturated heterocycles. The summed E-state index contributed by atoms with van der Waals surface area (Å²) in [4.78, 5) is 35.1. The normalized spacial score (nSPS) is 10.6. The molecule has 0 aliphatic heterocycles. The molecular formula is C20H19NO7. The summed E-state index contributed by atoms with van der Waals surface area (Å²) in [5.41, 5.74) is 0.589. The molecule has 8 nitrogen and oxygen atoms in total. The molecule has 0 aliphatic rings. The lowest BCUT2D eigenvalue weighted by Crippen LogP contribution is -2.15. The zero-order chi connectivity index (χ0) is 20.5. The van der Waals surface area contributed by atoms with Gasteiger partial charge < -0.3 is 24.3 Å². The molecule has 0 saturated carbocycles. The van der Waals surface area contributed by atoms with Crippen LogP contribution in [0.15, 0.2) is 60.3 Å². The Bertz CT molecular complexity index is 905. The van der Waals surface area contributed by atoms with Gasteiger partial charge in [-0.1, -0.05) is 18.2 Å². The first kappa shape index (κ1) is 20.5. The maximum Gasteiger partial charge on any atom is 0.354 e. The molecule has 28 heavy (non-hydrogen) atoms. The molecule has 0 fully saturated rings. The molecule has 146 valence electrons. The van der Waals surface area contributed by atoms with Gasteiger partial charge in [0.1, 0.15) is 11.4 Å². The largest absolute Gasteiger partial charge is 0.466 e. The van der Waals surface area contributed by atoms with E-state index in [1.165, 1.54) is 27.4 Å². The Labute approximate surface area is 161 Å². The monoisotopic (exact) mass is 385 g/mol. The third-order valence-corrected chi connectivity index (χ3v) is 3.51. The molecule has 0 atom stereocenters. The van der Waals surface area contributed by atoms with Gasteiger partial charge in [-0.15, -0.1) is 0 Å². The molecule has 0 unspecified atom stereocenters. The Hall–Kier alpha value is -3.81. The van der Waals surface area contributed by atoms with Crippen molar-refractivity contribution < 1.29 is 33.3 Å². The van der Waals surface area contributed by atoms with Crippen molar-refractivity contribution in [3.8, 4) is 11.5 Å². The smallest absolute Gasteiger partial charge is 0.354 e. The van der Waals surface area contributed by atoms with Crippen LogP contribution in [0.25, 0.3) is 0 Å². The molecule has 0 aliphatic carbocycles. The Morgan fingerprint density at radius 1 is 0.893 bits per heavy atom. The van der Waals surface area contributed by atoms with Crippen molar-refractivity contribution in [1.29, 1.82) is 0 Å². The molecule has 8 heteroatoms. The van der Waals surface area contributed by atoms with E-state index in [1.807, 2.05) is 0 Å². The topological polar surface area (TPSA) is 100 Å². The van der Waals surface area contributed by atoms with E-state index >= 15 is 0 Å². The van der Waals surface area contributed by atoms with Crippen molar-refractivity contribution in [3.05, 3.63) is 65.9 Å². The van der Waals surface area contributed by atoms with Crippen LogP contribution in [0, 0.1) is 0 Å². The summed E-state index contributed by atoms with van der Waals surface area (Å²) in [6, 6.07) is 13.2. The van der Waals surface area contributed by atoms with Crippen molar-refractivity contribution in [2.45, 2.75) is 0 Å². The minimum atomic E-state index is -0.757. The van der Waals surface area contributed by atoms with Crippen LogP contribution in [0.5, 0.6) is 11.5 Å². The third-order valence-electron chi connectivity index (χ3n) is 3.51. The van der Waals surface area contributed by atoms with Gasteiger partial charge in [0.25, 0.3) is 0 Å². The van der Waals surface area contributed by atoms with Crippen molar-refractivity contribution in [1.82, 2.24) is 0 Å². The quantitative estimate of drug-likeness (QED) is 0.441. The van der Waals surface area contributed by atoms with Crippen LogP contribution in [0.2, 0.25) is 0 Å². The number of ether oxygens (including phenoxy) is 4. The van der Waals surface area contributed by atoms with E-state index in [-0.39, 0.29) is 5.70 Å². The van der Waals surface area contributed by atoms with Crippen molar-refractivity contribution in [2.75, 3.05) is 26.6 Å². The number of para-hydroxylation sites is 2. The third kappa shape index (κ3) is 5.34. The van der Waals surface area contributed by atoms with Crippen LogP contribution in [-0.4, -0.2) is 39.2 Å². The van der Waals surface area contributed by atoms with E-state index in [0.717, 1.165) is 6.08 Å². The first-order valence-electron chi connectivity index (χ1n) is 8.08. The Morgan fingerprint density at radius 2 is 1.64 bits per heavy atom. The number of carbonyl (C=O) groups is 3. The number of esters is 3. The van der Waals surface area contributed by atoms with Gasteiger partial charge in [0, 0.05) is 0 Å². The van der Waals surface area contributed by atoms with Crippen LogP contribution in [-0.2, 0) is 23.8 Å². The fourth-order valence-corrected chi connectivity index (χ4v) is 2.17. The molecule has 2 aromatic carbocycles. The van der Waals surface area contributed by atoms with Gasteiger partial charge in [-0.05, 0) is 30.3 Å². The lowest BCUT2D eigenvalue weighted by atomic mass is 10.2. The minimum absolute atomic E-state index is 0.131. The molecular weight excluding hydrogens is 366 g/mol. The number of nitrogens with one attached hydrogen (secondary N) is 1. The second-order valence-electron chi connectivity index (χ2n) is 5.32. The Morgan fingerprint density at radius 3 is 2.32 bits per heavy atom. The van der Waals surface area contributed by atoms with Crippen molar-refractivity contribution in [2.24, 2.45) is 0 Å². The molecule has 2 aromatic rings. The van der Waals surface area contributed by atoms with E-state index < -0.39 is 17.9 Å². The van der Waals surface area contributed by atoms with E-state index in [9.17, 15) is 14.4 Å². The second kappa shape index (κ2) is 9.77. The molecule has 0 amide bonds. The van der Waals surface area contributed by atoms with Crippen LogP contribution in [0.1, 0.15) is 10.4 Å². The number of anilines is 1. The molecule has 2 rings (SSSR count). The predicted octanol–water partition coefficient (Wildman–Crippen LogP) is 2.91. The summed E-state index contributed by atoms with van der Waals surface area (Å²) >= 11 is 0. The van der Waals surface area contributed by atoms with Crippen LogP contribution >= 0.6 is 0 Å². The van der Waals surface area contributed by atoms with E-state index in [4.69, 9.17) is 9.47 Å². The van der Waals surface area contributed by atoms with Crippen molar-refractivity contribution in [3.63, 3.8) is 0 Å². The van der Waals surface area contributed by atoms with Gasteiger partial charge in [-0.25, -0.2) is 14.4 Å². The highest BCUT2D eigenvalue weighted by Gasteiger charge is 2.15. The highest BCUT2D eigenvalue weighted by molar-refractivity contribution is 5.99. The Balaban J connectivity index is 2.32. The maximum atomic E-state index is 11.9. The molecule has 0 heterocycles. The lowest BCUT2D eigenvalue weighted by Gasteiger charge is -2.14. The first-order chi connectivity index (χ1) is 13.5. The summed E-state index contributed by atoms with van der Waals surface area (Å²) in [5, 5.41) is 2.80. The summed E-state index contributed by atoms with van der Waals surface area (Å²) in [5.74, 6) is -1.24. The highest BCUT2D eigenvalue weighted by atomic mass is 16.5. The fourth-order valence-electron chi connectivity index (χ4n) is 2.17. The summed E-state index contributed by atoms with van der Waals surface area (Å²) in [6.07, 6.45) is 0.973. The van der Waals surface area contributed by atoms with E-state index in [1.54, 1.807) is 42.5 Å². The van der Waals surface area contributed by atoms with Gasteiger partial charge in [0.05, 0.1) is 38.7 Å². The summed E-state index contributed by atoms with van der Waals surface area (Å²) in [6.45, 7) is 0. The highest BCUT2D eigenvalue weighted by Crippen LogP contribution is 2.30. The summed E-state index contributed by atoms with van der Waals surface area (Å²) in [7, 11) is 3.67.